The van der Waals surface area contributed by atoms with Crippen molar-refractivity contribution in [1.29, 1.82) is 0 Å². The average molecular weight is 491 g/mol. The molecule has 0 spiro atoms. The second kappa shape index (κ2) is 12.8. The number of pyridine rings is 1. The molecule has 3 nitrogen and oxygen atoms in total. The fraction of sp³-hybridized carbons (Fsp3) is 0.240. The minimum absolute atomic E-state index is 0. The van der Waals surface area contributed by atoms with Crippen LogP contribution in [0.5, 0.6) is 0 Å². The van der Waals surface area contributed by atoms with Crippen molar-refractivity contribution in [1.82, 2.24) is 4.98 Å². The molecule has 0 fully saturated rings. The van der Waals surface area contributed by atoms with E-state index in [9.17, 15) is 0 Å². The van der Waals surface area contributed by atoms with Gasteiger partial charge < -0.3 is 24.8 Å². The number of benzene rings is 2. The Labute approximate surface area is 210 Å². The number of hydrogen-bond acceptors (Lipinski definition) is 3. The van der Waals surface area contributed by atoms with Crippen LogP contribution in [0.1, 0.15) is 47.5 Å². The van der Waals surface area contributed by atoms with Crippen LogP contribution < -0.4 is 24.8 Å². The fourth-order valence-electron chi connectivity index (χ4n) is 3.25. The summed E-state index contributed by atoms with van der Waals surface area (Å²) in [7, 11) is 0. The Bertz CT molecular complexity index is 969. The van der Waals surface area contributed by atoms with Crippen molar-refractivity contribution in [3.8, 4) is 0 Å². The summed E-state index contributed by atoms with van der Waals surface area (Å²) < 4.78 is 0. The number of aromatic nitrogens is 1. The van der Waals surface area contributed by atoms with E-state index in [1.54, 1.807) is 0 Å². The van der Waals surface area contributed by atoms with E-state index in [1.807, 2.05) is 32.0 Å². The summed E-state index contributed by atoms with van der Waals surface area (Å²) in [5.74, 6) is 0. The van der Waals surface area contributed by atoms with Crippen LogP contribution in [0.25, 0.3) is 0 Å². The first-order chi connectivity index (χ1) is 13.4. The third-order valence-electron chi connectivity index (χ3n) is 4.93. The fourth-order valence-corrected chi connectivity index (χ4v) is 3.25. The zero-order valence-electron chi connectivity index (χ0n) is 18.7. The van der Waals surface area contributed by atoms with Crippen LogP contribution in [0, 0.1) is 27.7 Å². The normalized spacial score (nSPS) is 11.2. The predicted octanol–water partition coefficient (Wildman–Crippen LogP) is 0.602. The van der Waals surface area contributed by atoms with E-state index >= 15 is 0 Å². The molecule has 0 aliphatic heterocycles. The molecular formula is C25H27Cl2N3V. The van der Waals surface area contributed by atoms with Crippen molar-refractivity contribution in [3.05, 3.63) is 88.2 Å². The number of aryl methyl sites for hydroxylation is 4. The van der Waals surface area contributed by atoms with Gasteiger partial charge in [-0.05, 0) is 75.9 Å². The van der Waals surface area contributed by atoms with Crippen LogP contribution in [-0.4, -0.2) is 16.4 Å². The molecule has 6 heteroatoms. The van der Waals surface area contributed by atoms with E-state index in [4.69, 9.17) is 15.0 Å². The first kappa shape index (κ1) is 29.1. The van der Waals surface area contributed by atoms with Crippen LogP contribution in [0.15, 0.2) is 64.6 Å². The van der Waals surface area contributed by atoms with E-state index < -0.39 is 0 Å². The zero-order chi connectivity index (χ0) is 20.3. The van der Waals surface area contributed by atoms with Crippen molar-refractivity contribution >= 4 is 22.8 Å². The standard InChI is InChI=1S/C25H27N3.2ClH.V/c1-16-10-7-11-17(2)24(16)26-20(5)22-14-9-15-23(28-22)21(6)27-25-18(3)12-8-13-19(25)4;;;/h7-15H,1-6H3;2*1H;/q;;;+2/p-2. The Hall–Kier alpha value is -1.91. The summed E-state index contributed by atoms with van der Waals surface area (Å²) in [6, 6.07) is 18.5. The number of nitrogens with zero attached hydrogens (tertiary/aromatic N) is 3. The van der Waals surface area contributed by atoms with Crippen molar-refractivity contribution in [2.24, 2.45) is 9.98 Å². The summed E-state index contributed by atoms with van der Waals surface area (Å²) in [5.41, 5.74) is 10.3. The van der Waals surface area contributed by atoms with Crippen molar-refractivity contribution in [2.45, 2.75) is 41.5 Å². The molecule has 0 aliphatic carbocycles. The molecule has 0 saturated carbocycles. The van der Waals surface area contributed by atoms with Crippen LogP contribution in [-0.2, 0) is 18.6 Å². The molecule has 3 rings (SSSR count). The summed E-state index contributed by atoms with van der Waals surface area (Å²) in [4.78, 5) is 14.5. The van der Waals surface area contributed by atoms with Gasteiger partial charge in [0, 0.05) is 0 Å². The number of hydrogen-bond donors (Lipinski definition) is 0. The molecule has 0 N–H and O–H groups in total. The van der Waals surface area contributed by atoms with E-state index in [2.05, 4.69) is 64.1 Å². The smallest absolute Gasteiger partial charge is 1.00 e. The Morgan fingerprint density at radius 3 is 1.19 bits per heavy atom. The molecule has 2 aromatic carbocycles. The number of rotatable bonds is 4. The van der Waals surface area contributed by atoms with Crippen LogP contribution in [0.3, 0.4) is 0 Å². The van der Waals surface area contributed by atoms with Crippen molar-refractivity contribution < 1.29 is 43.4 Å². The van der Waals surface area contributed by atoms with E-state index in [0.717, 1.165) is 34.2 Å². The molecule has 0 atom stereocenters. The first-order valence-electron chi connectivity index (χ1n) is 9.57. The summed E-state index contributed by atoms with van der Waals surface area (Å²) in [6.45, 7) is 12.4. The molecule has 0 amide bonds. The van der Waals surface area contributed by atoms with Gasteiger partial charge >= 0.3 is 18.6 Å². The van der Waals surface area contributed by atoms with Gasteiger partial charge in [0.2, 0.25) is 0 Å². The van der Waals surface area contributed by atoms with E-state index in [0.29, 0.717) is 0 Å². The Morgan fingerprint density at radius 2 is 0.871 bits per heavy atom. The quantitative estimate of drug-likeness (QED) is 0.493. The maximum atomic E-state index is 4.86. The maximum absolute atomic E-state index is 4.86. The second-order valence-corrected chi connectivity index (χ2v) is 7.28. The molecule has 0 bridgehead atoms. The SMILES string of the molecule is CC(=Nc1c(C)cccc1C)c1cccc(C(C)=Nc2c(C)cccc2C)n1.[Cl-].[Cl-].[V+2]. The maximum Gasteiger partial charge on any atom is 2.00 e. The van der Waals surface area contributed by atoms with Crippen LogP contribution in [0.2, 0.25) is 0 Å². The van der Waals surface area contributed by atoms with Gasteiger partial charge in [-0.25, -0.2) is 4.98 Å². The van der Waals surface area contributed by atoms with Crippen molar-refractivity contribution in [3.63, 3.8) is 0 Å². The van der Waals surface area contributed by atoms with Gasteiger partial charge in [0.1, 0.15) is 0 Å². The molecular weight excluding hydrogens is 464 g/mol. The molecule has 1 radical (unpaired) electrons. The Balaban J connectivity index is 0.00000300. The van der Waals surface area contributed by atoms with Gasteiger partial charge in [0.25, 0.3) is 0 Å². The molecule has 0 saturated heterocycles. The van der Waals surface area contributed by atoms with Gasteiger partial charge in [-0.3, -0.25) is 9.98 Å². The molecule has 0 aliphatic rings. The minimum atomic E-state index is 0. The molecule has 31 heavy (non-hydrogen) atoms. The summed E-state index contributed by atoms with van der Waals surface area (Å²) >= 11 is 0. The van der Waals surface area contributed by atoms with E-state index in [-0.39, 0.29) is 43.4 Å². The number of aliphatic imine (C=N–C) groups is 2. The Kier molecular flexibility index (Phi) is 12.0. The van der Waals surface area contributed by atoms with Gasteiger partial charge in [0.05, 0.1) is 34.2 Å². The van der Waals surface area contributed by atoms with Crippen molar-refractivity contribution in [2.75, 3.05) is 0 Å². The molecule has 1 heterocycles. The van der Waals surface area contributed by atoms with E-state index in [1.165, 1.54) is 22.3 Å². The molecule has 161 valence electrons. The van der Waals surface area contributed by atoms with Gasteiger partial charge in [-0.2, -0.15) is 0 Å². The number of para-hydroxylation sites is 2. The number of halogens is 2. The average Bonchev–Trinajstić information content (AvgIpc) is 2.67. The van der Waals surface area contributed by atoms with Gasteiger partial charge in [-0.15, -0.1) is 0 Å². The van der Waals surface area contributed by atoms with Crippen LogP contribution >= 0.6 is 0 Å². The molecule has 3 aromatic rings. The first-order valence-corrected chi connectivity index (χ1v) is 9.57. The van der Waals surface area contributed by atoms with Crippen LogP contribution in [0.4, 0.5) is 11.4 Å². The summed E-state index contributed by atoms with van der Waals surface area (Å²) in [6.07, 6.45) is 0. The third-order valence-corrected chi connectivity index (χ3v) is 4.93. The topological polar surface area (TPSA) is 37.6 Å². The summed E-state index contributed by atoms with van der Waals surface area (Å²) in [5, 5.41) is 0. The largest absolute Gasteiger partial charge is 2.00 e. The zero-order valence-corrected chi connectivity index (χ0v) is 21.6. The van der Waals surface area contributed by atoms with Gasteiger partial charge in [-0.1, -0.05) is 42.5 Å². The van der Waals surface area contributed by atoms with Gasteiger partial charge in [0.15, 0.2) is 0 Å². The second-order valence-electron chi connectivity index (χ2n) is 7.28. The third kappa shape index (κ3) is 7.05. The monoisotopic (exact) mass is 490 g/mol. The minimum Gasteiger partial charge on any atom is -1.00 e. The molecule has 0 unspecified atom stereocenters. The predicted molar refractivity (Wildman–Crippen MR) is 120 cm³/mol. The Morgan fingerprint density at radius 1 is 0.581 bits per heavy atom. The molecule has 1 aromatic heterocycles.